The van der Waals surface area contributed by atoms with E-state index in [2.05, 4.69) is 36.4 Å². The molecule has 1 aromatic carbocycles. The molecule has 2 aromatic rings. The first-order valence-corrected chi connectivity index (χ1v) is 7.08. The van der Waals surface area contributed by atoms with E-state index in [0.29, 0.717) is 6.61 Å². The minimum absolute atomic E-state index is 0.268. The second-order valence-electron chi connectivity index (χ2n) is 4.93. The van der Waals surface area contributed by atoms with Gasteiger partial charge in [-0.15, -0.1) is 0 Å². The van der Waals surface area contributed by atoms with E-state index in [-0.39, 0.29) is 6.04 Å². The van der Waals surface area contributed by atoms with Crippen molar-refractivity contribution in [2.24, 2.45) is 0 Å². The number of rotatable bonds is 6. The molecule has 0 radical (unpaired) electrons. The summed E-state index contributed by atoms with van der Waals surface area (Å²) in [5.74, 6) is 0.927. The Kier molecular flexibility index (Phi) is 4.79. The lowest BCUT2D eigenvalue weighted by Crippen LogP contribution is -2.14. The Hall–Kier alpha value is -1.81. The number of para-hydroxylation sites is 1. The number of hydrogen-bond acceptors (Lipinski definition) is 3. The molecule has 20 heavy (non-hydrogen) atoms. The SMILES string of the molecule is CCn1nc(C)cc1COc1ccccc1C(C)NC. The summed E-state index contributed by atoms with van der Waals surface area (Å²) in [7, 11) is 1.96. The van der Waals surface area contributed by atoms with Gasteiger partial charge in [0.25, 0.3) is 0 Å². The van der Waals surface area contributed by atoms with Gasteiger partial charge < -0.3 is 10.1 Å². The predicted molar refractivity (Wildman–Crippen MR) is 80.9 cm³/mol. The number of benzene rings is 1. The maximum absolute atomic E-state index is 6.00. The molecule has 0 fully saturated rings. The van der Waals surface area contributed by atoms with Gasteiger partial charge in [-0.3, -0.25) is 4.68 Å². The zero-order valence-corrected chi connectivity index (χ0v) is 12.7. The van der Waals surface area contributed by atoms with Gasteiger partial charge in [-0.2, -0.15) is 5.10 Å². The Labute approximate surface area is 120 Å². The van der Waals surface area contributed by atoms with Gasteiger partial charge in [-0.25, -0.2) is 0 Å². The van der Waals surface area contributed by atoms with Crippen molar-refractivity contribution in [2.75, 3.05) is 7.05 Å². The molecule has 108 valence electrons. The van der Waals surface area contributed by atoms with Gasteiger partial charge in [0.2, 0.25) is 0 Å². The molecule has 1 N–H and O–H groups in total. The van der Waals surface area contributed by atoms with E-state index >= 15 is 0 Å². The van der Waals surface area contributed by atoms with Crippen LogP contribution < -0.4 is 10.1 Å². The molecule has 2 rings (SSSR count). The fourth-order valence-electron chi connectivity index (χ4n) is 2.27. The molecule has 0 spiro atoms. The second kappa shape index (κ2) is 6.57. The van der Waals surface area contributed by atoms with Gasteiger partial charge in [-0.05, 0) is 40.0 Å². The van der Waals surface area contributed by atoms with Gasteiger partial charge in [-0.1, -0.05) is 18.2 Å². The summed E-state index contributed by atoms with van der Waals surface area (Å²) in [5.41, 5.74) is 3.31. The standard InChI is InChI=1S/C16H23N3O/c1-5-19-14(10-12(2)18-19)11-20-16-9-7-6-8-15(16)13(3)17-4/h6-10,13,17H,5,11H2,1-4H3. The van der Waals surface area contributed by atoms with Crippen LogP contribution in [0.15, 0.2) is 30.3 Å². The molecule has 4 nitrogen and oxygen atoms in total. The Morgan fingerprint density at radius 2 is 2.10 bits per heavy atom. The maximum atomic E-state index is 6.00. The van der Waals surface area contributed by atoms with Crippen LogP contribution in [0.4, 0.5) is 0 Å². The highest BCUT2D eigenvalue weighted by Crippen LogP contribution is 2.25. The number of aromatic nitrogens is 2. The van der Waals surface area contributed by atoms with Crippen LogP contribution in [0.2, 0.25) is 0 Å². The summed E-state index contributed by atoms with van der Waals surface area (Å²) in [6.07, 6.45) is 0. The lowest BCUT2D eigenvalue weighted by Gasteiger charge is -2.16. The first-order valence-electron chi connectivity index (χ1n) is 7.08. The van der Waals surface area contributed by atoms with Gasteiger partial charge in [0, 0.05) is 18.2 Å². The molecule has 1 atom stereocenters. The number of hydrogen-bond donors (Lipinski definition) is 1. The molecule has 1 heterocycles. The average molecular weight is 273 g/mol. The van der Waals surface area contributed by atoms with Crippen molar-refractivity contribution in [3.63, 3.8) is 0 Å². The summed E-state index contributed by atoms with van der Waals surface area (Å²) in [4.78, 5) is 0. The highest BCUT2D eigenvalue weighted by Gasteiger charge is 2.11. The first-order chi connectivity index (χ1) is 9.65. The number of nitrogens with zero attached hydrogens (tertiary/aromatic N) is 2. The number of aryl methyl sites for hydroxylation is 2. The normalized spacial score (nSPS) is 12.4. The van der Waals surface area contributed by atoms with Gasteiger partial charge in [0.1, 0.15) is 12.4 Å². The van der Waals surface area contributed by atoms with Crippen LogP contribution in [0.3, 0.4) is 0 Å². The summed E-state index contributed by atoms with van der Waals surface area (Å²) >= 11 is 0. The van der Waals surface area contributed by atoms with Gasteiger partial charge in [0.05, 0.1) is 11.4 Å². The van der Waals surface area contributed by atoms with E-state index in [4.69, 9.17) is 4.74 Å². The highest BCUT2D eigenvalue weighted by molar-refractivity contribution is 5.35. The quantitative estimate of drug-likeness (QED) is 0.879. The lowest BCUT2D eigenvalue weighted by molar-refractivity contribution is 0.287. The average Bonchev–Trinajstić information content (AvgIpc) is 2.84. The Morgan fingerprint density at radius 1 is 1.35 bits per heavy atom. The van der Waals surface area contributed by atoms with E-state index in [0.717, 1.165) is 23.7 Å². The lowest BCUT2D eigenvalue weighted by atomic mass is 10.1. The summed E-state index contributed by atoms with van der Waals surface area (Å²) in [6, 6.07) is 10.5. The van der Waals surface area contributed by atoms with Crippen molar-refractivity contribution in [1.82, 2.24) is 15.1 Å². The van der Waals surface area contributed by atoms with Gasteiger partial charge in [0.15, 0.2) is 0 Å². The fraction of sp³-hybridized carbons (Fsp3) is 0.438. The van der Waals surface area contributed by atoms with Crippen LogP contribution in [0.25, 0.3) is 0 Å². The predicted octanol–water partition coefficient (Wildman–Crippen LogP) is 3.07. The van der Waals surface area contributed by atoms with E-state index in [1.54, 1.807) is 0 Å². The van der Waals surface area contributed by atoms with Crippen molar-refractivity contribution >= 4 is 0 Å². The third-order valence-corrected chi connectivity index (χ3v) is 3.48. The van der Waals surface area contributed by atoms with Gasteiger partial charge >= 0.3 is 0 Å². The Balaban J connectivity index is 2.14. The van der Waals surface area contributed by atoms with Crippen LogP contribution in [-0.4, -0.2) is 16.8 Å². The molecule has 0 aliphatic rings. The molecule has 0 aliphatic carbocycles. The first kappa shape index (κ1) is 14.6. The summed E-state index contributed by atoms with van der Waals surface area (Å²) in [6.45, 7) is 7.63. The molecular weight excluding hydrogens is 250 g/mol. The third kappa shape index (κ3) is 3.20. The number of ether oxygens (including phenoxy) is 1. The zero-order valence-electron chi connectivity index (χ0n) is 12.7. The monoisotopic (exact) mass is 273 g/mol. The minimum Gasteiger partial charge on any atom is -0.487 e. The topological polar surface area (TPSA) is 39.1 Å². The molecule has 0 aliphatic heterocycles. The largest absolute Gasteiger partial charge is 0.487 e. The molecule has 0 bridgehead atoms. The molecule has 0 amide bonds. The smallest absolute Gasteiger partial charge is 0.130 e. The van der Waals surface area contributed by atoms with Crippen LogP contribution >= 0.6 is 0 Å². The summed E-state index contributed by atoms with van der Waals surface area (Å²) in [5, 5.41) is 7.69. The van der Waals surface area contributed by atoms with Crippen LogP contribution in [0, 0.1) is 6.92 Å². The maximum Gasteiger partial charge on any atom is 0.130 e. The Bertz CT molecular complexity index is 563. The van der Waals surface area contributed by atoms with E-state index in [1.807, 2.05) is 36.9 Å². The van der Waals surface area contributed by atoms with Crippen LogP contribution in [0.1, 0.15) is 36.8 Å². The van der Waals surface area contributed by atoms with Crippen molar-refractivity contribution in [2.45, 2.75) is 40.0 Å². The van der Waals surface area contributed by atoms with Crippen molar-refractivity contribution in [3.8, 4) is 5.75 Å². The molecule has 0 saturated heterocycles. The van der Waals surface area contributed by atoms with Crippen LogP contribution in [-0.2, 0) is 13.2 Å². The third-order valence-electron chi connectivity index (χ3n) is 3.48. The minimum atomic E-state index is 0.268. The number of nitrogens with one attached hydrogen (secondary N) is 1. The summed E-state index contributed by atoms with van der Waals surface area (Å²) < 4.78 is 7.99. The van der Waals surface area contributed by atoms with E-state index < -0.39 is 0 Å². The van der Waals surface area contributed by atoms with E-state index in [9.17, 15) is 0 Å². The van der Waals surface area contributed by atoms with Crippen molar-refractivity contribution < 1.29 is 4.74 Å². The molecule has 4 heteroatoms. The molecule has 1 unspecified atom stereocenters. The van der Waals surface area contributed by atoms with Crippen molar-refractivity contribution in [3.05, 3.63) is 47.3 Å². The highest BCUT2D eigenvalue weighted by atomic mass is 16.5. The van der Waals surface area contributed by atoms with Crippen molar-refractivity contribution in [1.29, 1.82) is 0 Å². The molecule has 1 aromatic heterocycles. The van der Waals surface area contributed by atoms with E-state index in [1.165, 1.54) is 5.56 Å². The zero-order chi connectivity index (χ0) is 14.5. The molecule has 0 saturated carbocycles. The second-order valence-corrected chi connectivity index (χ2v) is 4.93. The molecular formula is C16H23N3O. The van der Waals surface area contributed by atoms with Crippen LogP contribution in [0.5, 0.6) is 5.75 Å². The Morgan fingerprint density at radius 3 is 2.80 bits per heavy atom. The fourth-order valence-corrected chi connectivity index (χ4v) is 2.27.